The summed E-state index contributed by atoms with van der Waals surface area (Å²) in [6, 6.07) is 7.72. The van der Waals surface area contributed by atoms with E-state index in [-0.39, 0.29) is 0 Å². The van der Waals surface area contributed by atoms with Crippen LogP contribution in [0, 0.1) is 6.92 Å². The van der Waals surface area contributed by atoms with Crippen molar-refractivity contribution in [1.29, 1.82) is 0 Å². The average Bonchev–Trinajstić information content (AvgIpc) is 2.16. The quantitative estimate of drug-likeness (QED) is 0.549. The molecule has 0 amide bonds. The number of aryl methyl sites for hydroxylation is 1. The summed E-state index contributed by atoms with van der Waals surface area (Å²) < 4.78 is 0. The molecule has 1 rings (SSSR count). The van der Waals surface area contributed by atoms with Gasteiger partial charge in [-0.1, -0.05) is 24.3 Å². The molecule has 68 valence electrons. The van der Waals surface area contributed by atoms with E-state index in [1.54, 1.807) is 6.08 Å². The second kappa shape index (κ2) is 4.42. The first-order chi connectivity index (χ1) is 6.24. The Labute approximate surface area is 76.8 Å². The molecule has 0 fully saturated rings. The Morgan fingerprint density at radius 1 is 1.46 bits per heavy atom. The van der Waals surface area contributed by atoms with Crippen molar-refractivity contribution in [3.8, 4) is 0 Å². The summed E-state index contributed by atoms with van der Waals surface area (Å²) >= 11 is 0. The highest BCUT2D eigenvalue weighted by atomic mass is 16.7. The predicted octanol–water partition coefficient (Wildman–Crippen LogP) is 1.43. The minimum absolute atomic E-state index is 0.553. The standard InChI is InChI=1S/C10H11NO2/c1-8-4-2-3-5-9(8)6-7-10(12)13-11/h2-7H,11H2,1H3/b7-6+. The number of rotatable bonds is 2. The molecule has 13 heavy (non-hydrogen) atoms. The van der Waals surface area contributed by atoms with Crippen LogP contribution in [0.4, 0.5) is 0 Å². The maximum Gasteiger partial charge on any atom is 0.349 e. The van der Waals surface area contributed by atoms with Crippen LogP contribution in [0.5, 0.6) is 0 Å². The summed E-state index contributed by atoms with van der Waals surface area (Å²) in [6.07, 6.45) is 2.97. The average molecular weight is 177 g/mol. The van der Waals surface area contributed by atoms with Gasteiger partial charge in [-0.25, -0.2) is 4.79 Å². The molecule has 3 nitrogen and oxygen atoms in total. The van der Waals surface area contributed by atoms with Crippen LogP contribution in [0.25, 0.3) is 6.08 Å². The van der Waals surface area contributed by atoms with Crippen LogP contribution in [-0.2, 0) is 9.63 Å². The zero-order valence-electron chi connectivity index (χ0n) is 7.36. The first kappa shape index (κ1) is 9.48. The summed E-state index contributed by atoms with van der Waals surface area (Å²) in [5.41, 5.74) is 2.08. The Morgan fingerprint density at radius 3 is 2.77 bits per heavy atom. The summed E-state index contributed by atoms with van der Waals surface area (Å²) in [5.74, 6) is 4.12. The smallest absolute Gasteiger partial charge is 0.349 e. The van der Waals surface area contributed by atoms with Gasteiger partial charge in [0.2, 0.25) is 0 Å². The topological polar surface area (TPSA) is 52.3 Å². The SMILES string of the molecule is Cc1ccccc1/C=C/C(=O)ON. The van der Waals surface area contributed by atoms with Crippen LogP contribution in [0.3, 0.4) is 0 Å². The molecule has 0 radical (unpaired) electrons. The molecule has 2 N–H and O–H groups in total. The lowest BCUT2D eigenvalue weighted by atomic mass is 10.1. The van der Waals surface area contributed by atoms with E-state index in [0.29, 0.717) is 0 Å². The van der Waals surface area contributed by atoms with E-state index in [1.807, 2.05) is 31.2 Å². The third-order valence-corrected chi connectivity index (χ3v) is 1.70. The van der Waals surface area contributed by atoms with E-state index >= 15 is 0 Å². The maximum atomic E-state index is 10.7. The van der Waals surface area contributed by atoms with Crippen molar-refractivity contribution >= 4 is 12.0 Å². The molecule has 0 aliphatic carbocycles. The molecular weight excluding hydrogens is 166 g/mol. The Hall–Kier alpha value is -1.61. The first-order valence-electron chi connectivity index (χ1n) is 3.88. The van der Waals surface area contributed by atoms with Gasteiger partial charge in [0, 0.05) is 6.08 Å². The van der Waals surface area contributed by atoms with Crippen molar-refractivity contribution in [3.63, 3.8) is 0 Å². The van der Waals surface area contributed by atoms with Gasteiger partial charge in [-0.05, 0) is 24.1 Å². The number of nitrogens with two attached hydrogens (primary N) is 1. The summed E-state index contributed by atoms with van der Waals surface area (Å²) in [4.78, 5) is 14.6. The highest BCUT2D eigenvalue weighted by molar-refractivity contribution is 5.87. The molecule has 0 unspecified atom stereocenters. The molecule has 0 aliphatic heterocycles. The van der Waals surface area contributed by atoms with Crippen LogP contribution >= 0.6 is 0 Å². The molecule has 1 aromatic rings. The second-order valence-corrected chi connectivity index (χ2v) is 2.63. The van der Waals surface area contributed by atoms with Gasteiger partial charge in [0.05, 0.1) is 0 Å². The molecule has 0 saturated carbocycles. The molecule has 0 aliphatic rings. The van der Waals surface area contributed by atoms with Crippen molar-refractivity contribution in [3.05, 3.63) is 41.5 Å². The molecule has 0 saturated heterocycles. The number of hydrogen-bond donors (Lipinski definition) is 1. The van der Waals surface area contributed by atoms with Crippen molar-refractivity contribution in [2.75, 3.05) is 0 Å². The van der Waals surface area contributed by atoms with Crippen LogP contribution in [-0.4, -0.2) is 5.97 Å². The molecule has 0 heterocycles. The molecule has 1 aromatic carbocycles. The van der Waals surface area contributed by atoms with Gasteiger partial charge < -0.3 is 4.84 Å². The zero-order chi connectivity index (χ0) is 9.68. The molecular formula is C10H11NO2. The Balaban J connectivity index is 2.80. The van der Waals surface area contributed by atoms with Crippen LogP contribution in [0.2, 0.25) is 0 Å². The monoisotopic (exact) mass is 177 g/mol. The normalized spacial score (nSPS) is 10.3. The second-order valence-electron chi connectivity index (χ2n) is 2.63. The van der Waals surface area contributed by atoms with Crippen molar-refractivity contribution in [1.82, 2.24) is 0 Å². The lowest BCUT2D eigenvalue weighted by molar-refractivity contribution is -0.138. The summed E-state index contributed by atoms with van der Waals surface area (Å²) in [7, 11) is 0. The molecule has 0 atom stereocenters. The molecule has 0 bridgehead atoms. The van der Waals surface area contributed by atoms with E-state index in [0.717, 1.165) is 11.1 Å². The lowest BCUT2D eigenvalue weighted by Gasteiger charge is -1.97. The van der Waals surface area contributed by atoms with Gasteiger partial charge in [0.1, 0.15) is 0 Å². The van der Waals surface area contributed by atoms with E-state index in [9.17, 15) is 4.79 Å². The predicted molar refractivity (Wildman–Crippen MR) is 50.5 cm³/mol. The fourth-order valence-electron chi connectivity index (χ4n) is 0.971. The number of benzene rings is 1. The Bertz CT molecular complexity index is 331. The number of hydrogen-bond acceptors (Lipinski definition) is 3. The fraction of sp³-hybridized carbons (Fsp3) is 0.100. The van der Waals surface area contributed by atoms with Crippen molar-refractivity contribution in [2.24, 2.45) is 5.90 Å². The fourth-order valence-corrected chi connectivity index (χ4v) is 0.971. The van der Waals surface area contributed by atoms with Crippen molar-refractivity contribution < 1.29 is 9.63 Å². The highest BCUT2D eigenvalue weighted by Crippen LogP contribution is 2.08. The Kier molecular flexibility index (Phi) is 3.23. The van der Waals surface area contributed by atoms with Crippen LogP contribution in [0.15, 0.2) is 30.3 Å². The molecule has 0 aromatic heterocycles. The van der Waals surface area contributed by atoms with Gasteiger partial charge >= 0.3 is 5.97 Å². The Morgan fingerprint density at radius 2 is 2.15 bits per heavy atom. The summed E-state index contributed by atoms with van der Waals surface area (Å²) in [5, 5.41) is 0. The largest absolute Gasteiger partial charge is 0.370 e. The van der Waals surface area contributed by atoms with Crippen LogP contribution < -0.4 is 5.90 Å². The third kappa shape index (κ3) is 2.72. The lowest BCUT2D eigenvalue weighted by Crippen LogP contribution is -2.05. The number of carbonyl (C=O) groups excluding carboxylic acids is 1. The van der Waals surface area contributed by atoms with Gasteiger partial charge in [0.15, 0.2) is 0 Å². The minimum atomic E-state index is -0.553. The zero-order valence-corrected chi connectivity index (χ0v) is 7.36. The van der Waals surface area contributed by atoms with Gasteiger partial charge in [-0.2, -0.15) is 5.90 Å². The first-order valence-corrected chi connectivity index (χ1v) is 3.88. The highest BCUT2D eigenvalue weighted by Gasteiger charge is 1.94. The van der Waals surface area contributed by atoms with Crippen molar-refractivity contribution in [2.45, 2.75) is 6.92 Å². The molecule has 3 heteroatoms. The van der Waals surface area contributed by atoms with Crippen LogP contribution in [0.1, 0.15) is 11.1 Å². The van der Waals surface area contributed by atoms with E-state index in [4.69, 9.17) is 0 Å². The van der Waals surface area contributed by atoms with E-state index < -0.39 is 5.97 Å². The van der Waals surface area contributed by atoms with E-state index in [2.05, 4.69) is 10.7 Å². The molecule has 0 spiro atoms. The van der Waals surface area contributed by atoms with Gasteiger partial charge in [-0.15, -0.1) is 0 Å². The van der Waals surface area contributed by atoms with Gasteiger partial charge in [-0.3, -0.25) is 0 Å². The third-order valence-electron chi connectivity index (χ3n) is 1.70. The van der Waals surface area contributed by atoms with E-state index in [1.165, 1.54) is 6.08 Å². The minimum Gasteiger partial charge on any atom is -0.370 e. The summed E-state index contributed by atoms with van der Waals surface area (Å²) in [6.45, 7) is 1.97. The van der Waals surface area contributed by atoms with Gasteiger partial charge in [0.25, 0.3) is 0 Å². The number of carbonyl (C=O) groups is 1. The maximum absolute atomic E-state index is 10.7.